The van der Waals surface area contributed by atoms with E-state index in [9.17, 15) is 0 Å². The van der Waals surface area contributed by atoms with E-state index in [2.05, 4.69) is 77.7 Å². The number of nitrogens with zero attached hydrogens (tertiary/aromatic N) is 3. The highest BCUT2D eigenvalue weighted by atomic mass is 127. The molecule has 0 saturated carbocycles. The zero-order valence-corrected chi connectivity index (χ0v) is 20.1. The van der Waals surface area contributed by atoms with Crippen molar-refractivity contribution < 1.29 is 0 Å². The normalized spacial score (nSPS) is 16.7. The van der Waals surface area contributed by atoms with E-state index in [0.717, 1.165) is 44.4 Å². The number of nitrogens with one attached hydrogen (secondary N) is 2. The second-order valence-corrected chi connectivity index (χ2v) is 7.71. The molecule has 1 fully saturated rings. The average molecular weight is 507 g/mol. The van der Waals surface area contributed by atoms with Gasteiger partial charge in [0.25, 0.3) is 0 Å². The number of hydrogen-bond donors (Lipinski definition) is 2. The van der Waals surface area contributed by atoms with Crippen LogP contribution in [0.3, 0.4) is 0 Å². The lowest BCUT2D eigenvalue weighted by Crippen LogP contribution is -2.51. The molecule has 6 heteroatoms. The van der Waals surface area contributed by atoms with Crippen LogP contribution in [0, 0.1) is 6.92 Å². The van der Waals surface area contributed by atoms with Crippen LogP contribution < -0.4 is 10.6 Å². The van der Waals surface area contributed by atoms with Crippen LogP contribution >= 0.6 is 24.0 Å². The van der Waals surface area contributed by atoms with E-state index in [1.807, 2.05) is 18.2 Å². The molecule has 1 heterocycles. The average Bonchev–Trinajstić information content (AvgIpc) is 2.72. The highest BCUT2D eigenvalue weighted by Gasteiger charge is 2.19. The van der Waals surface area contributed by atoms with Crippen molar-refractivity contribution in [2.24, 2.45) is 4.99 Å². The van der Waals surface area contributed by atoms with E-state index in [0.29, 0.717) is 12.6 Å². The number of halogens is 1. The van der Waals surface area contributed by atoms with Gasteiger partial charge in [0.1, 0.15) is 0 Å². The van der Waals surface area contributed by atoms with Crippen LogP contribution in [0.15, 0.2) is 59.6 Å². The van der Waals surface area contributed by atoms with E-state index < -0.39 is 0 Å². The summed E-state index contributed by atoms with van der Waals surface area (Å²) in [5.74, 6) is 0.827. The smallest absolute Gasteiger partial charge is 0.196 e. The number of anilines is 1. The highest BCUT2D eigenvalue weighted by molar-refractivity contribution is 14.0. The molecule has 0 amide bonds. The number of likely N-dealkylation sites (N-methyl/N-ethyl adjacent to an activating group) is 1. The minimum atomic E-state index is 0. The quantitative estimate of drug-likeness (QED) is 0.355. The first kappa shape index (κ1) is 23.6. The number of para-hydroxylation sites is 1. The number of aliphatic imine (C=N–C) groups is 1. The van der Waals surface area contributed by atoms with Crippen molar-refractivity contribution in [2.75, 3.05) is 45.1 Å². The van der Waals surface area contributed by atoms with Crippen molar-refractivity contribution in [2.45, 2.75) is 26.4 Å². The maximum Gasteiger partial charge on any atom is 0.196 e. The summed E-state index contributed by atoms with van der Waals surface area (Å²) in [4.78, 5) is 9.76. The van der Waals surface area contributed by atoms with Crippen LogP contribution in [0.1, 0.15) is 18.1 Å². The summed E-state index contributed by atoms with van der Waals surface area (Å²) in [5, 5.41) is 6.98. The fourth-order valence-electron chi connectivity index (χ4n) is 3.30. The molecule has 1 aliphatic rings. The predicted octanol–water partition coefficient (Wildman–Crippen LogP) is 3.81. The fourth-order valence-corrected chi connectivity index (χ4v) is 3.30. The predicted molar refractivity (Wildman–Crippen MR) is 134 cm³/mol. The van der Waals surface area contributed by atoms with Gasteiger partial charge < -0.3 is 15.5 Å². The Labute approximate surface area is 192 Å². The van der Waals surface area contributed by atoms with Crippen LogP contribution in [0.4, 0.5) is 5.69 Å². The lowest BCUT2D eigenvalue weighted by molar-refractivity contribution is 0.120. The Balaban J connectivity index is 0.00000300. The van der Waals surface area contributed by atoms with Crippen molar-refractivity contribution in [3.63, 3.8) is 0 Å². The maximum atomic E-state index is 4.82. The summed E-state index contributed by atoms with van der Waals surface area (Å²) in [6, 6.07) is 19.3. The standard InChI is InChI=1S/C23H33N5.HI/c1-19-9-11-21(12-10-19)18-25-23(26-22-7-5-4-6-8-22)24-17-20(2)28-15-13-27(3)14-16-28;/h4-12,20H,13-18H2,1-3H3,(H2,24,25,26);1H. The lowest BCUT2D eigenvalue weighted by Gasteiger charge is -2.36. The Morgan fingerprint density at radius 1 is 1.00 bits per heavy atom. The Bertz CT molecular complexity index is 740. The van der Waals surface area contributed by atoms with E-state index in [1.54, 1.807) is 0 Å². The van der Waals surface area contributed by atoms with E-state index in [1.165, 1.54) is 11.1 Å². The Morgan fingerprint density at radius 3 is 2.31 bits per heavy atom. The molecule has 2 N–H and O–H groups in total. The number of aryl methyl sites for hydroxylation is 1. The van der Waals surface area contributed by atoms with Crippen molar-refractivity contribution >= 4 is 35.6 Å². The van der Waals surface area contributed by atoms with Crippen molar-refractivity contribution in [3.8, 4) is 0 Å². The minimum absolute atomic E-state index is 0. The molecule has 0 bridgehead atoms. The van der Waals surface area contributed by atoms with Crippen molar-refractivity contribution in [1.29, 1.82) is 0 Å². The zero-order valence-electron chi connectivity index (χ0n) is 17.8. The van der Waals surface area contributed by atoms with Gasteiger partial charge in [-0.2, -0.15) is 0 Å². The lowest BCUT2D eigenvalue weighted by atomic mass is 10.1. The Kier molecular flexibility index (Phi) is 9.90. The van der Waals surface area contributed by atoms with Gasteiger partial charge in [0, 0.05) is 44.5 Å². The van der Waals surface area contributed by atoms with E-state index in [4.69, 9.17) is 4.99 Å². The van der Waals surface area contributed by atoms with Gasteiger partial charge in [0.05, 0.1) is 6.54 Å². The first-order chi connectivity index (χ1) is 13.6. The maximum absolute atomic E-state index is 4.82. The molecule has 0 spiro atoms. The third-order valence-corrected chi connectivity index (χ3v) is 5.30. The van der Waals surface area contributed by atoms with Crippen LogP contribution in [0.5, 0.6) is 0 Å². The van der Waals surface area contributed by atoms with Crippen LogP contribution in [-0.2, 0) is 6.54 Å². The highest BCUT2D eigenvalue weighted by Crippen LogP contribution is 2.08. The molecule has 3 rings (SSSR count). The summed E-state index contributed by atoms with van der Waals surface area (Å²) in [7, 11) is 2.19. The molecule has 0 radical (unpaired) electrons. The molecule has 1 aliphatic heterocycles. The first-order valence-corrected chi connectivity index (χ1v) is 10.2. The topological polar surface area (TPSA) is 42.9 Å². The largest absolute Gasteiger partial charge is 0.355 e. The molecule has 0 aromatic heterocycles. The second kappa shape index (κ2) is 12.1. The zero-order chi connectivity index (χ0) is 19.8. The van der Waals surface area contributed by atoms with E-state index >= 15 is 0 Å². The number of guanidine groups is 1. The number of benzene rings is 2. The van der Waals surface area contributed by atoms with Crippen LogP contribution in [0.2, 0.25) is 0 Å². The third kappa shape index (κ3) is 7.95. The van der Waals surface area contributed by atoms with Gasteiger partial charge >= 0.3 is 0 Å². The molecule has 1 saturated heterocycles. The van der Waals surface area contributed by atoms with Gasteiger partial charge in [-0.3, -0.25) is 4.90 Å². The number of piperazine rings is 1. The summed E-state index contributed by atoms with van der Waals surface area (Å²) in [6.07, 6.45) is 0. The van der Waals surface area contributed by atoms with Crippen molar-refractivity contribution in [3.05, 3.63) is 65.7 Å². The van der Waals surface area contributed by atoms with Gasteiger partial charge in [0.15, 0.2) is 5.96 Å². The van der Waals surface area contributed by atoms with Crippen LogP contribution in [-0.4, -0.2) is 61.6 Å². The number of rotatable bonds is 6. The van der Waals surface area contributed by atoms with Gasteiger partial charge in [-0.05, 0) is 38.6 Å². The summed E-state index contributed by atoms with van der Waals surface area (Å²) in [5.41, 5.74) is 3.53. The molecular formula is C23H34IN5. The molecule has 29 heavy (non-hydrogen) atoms. The third-order valence-electron chi connectivity index (χ3n) is 5.30. The molecule has 0 aliphatic carbocycles. The van der Waals surface area contributed by atoms with Gasteiger partial charge in [-0.1, -0.05) is 48.0 Å². The second-order valence-electron chi connectivity index (χ2n) is 7.71. The molecule has 1 atom stereocenters. The molecule has 2 aromatic rings. The monoisotopic (exact) mass is 507 g/mol. The van der Waals surface area contributed by atoms with Gasteiger partial charge in [0.2, 0.25) is 0 Å². The molecule has 5 nitrogen and oxygen atoms in total. The summed E-state index contributed by atoms with van der Waals surface area (Å²) < 4.78 is 0. The SMILES string of the molecule is Cc1ccc(CN=C(NCC(C)N2CCN(C)CC2)Nc2ccccc2)cc1.I. The molecule has 158 valence electrons. The first-order valence-electron chi connectivity index (χ1n) is 10.2. The minimum Gasteiger partial charge on any atom is -0.355 e. The molecule has 1 unspecified atom stereocenters. The van der Waals surface area contributed by atoms with Gasteiger partial charge in [-0.25, -0.2) is 4.99 Å². The van der Waals surface area contributed by atoms with Crippen LogP contribution in [0.25, 0.3) is 0 Å². The van der Waals surface area contributed by atoms with E-state index in [-0.39, 0.29) is 24.0 Å². The van der Waals surface area contributed by atoms with Gasteiger partial charge in [-0.15, -0.1) is 24.0 Å². The summed E-state index contributed by atoms with van der Waals surface area (Å²) >= 11 is 0. The Hall–Kier alpha value is -1.64. The molecule has 2 aromatic carbocycles. The fraction of sp³-hybridized carbons (Fsp3) is 0.435. The summed E-state index contributed by atoms with van der Waals surface area (Å²) in [6.45, 7) is 10.5. The van der Waals surface area contributed by atoms with Crippen molar-refractivity contribution in [1.82, 2.24) is 15.1 Å². The Morgan fingerprint density at radius 2 is 1.66 bits per heavy atom. The molecular weight excluding hydrogens is 473 g/mol. The number of hydrogen-bond acceptors (Lipinski definition) is 3.